The highest BCUT2D eigenvalue weighted by molar-refractivity contribution is 7.13. The summed E-state index contributed by atoms with van der Waals surface area (Å²) in [5.41, 5.74) is 0.584. The van der Waals surface area contributed by atoms with Crippen LogP contribution in [0.25, 0.3) is 0 Å². The summed E-state index contributed by atoms with van der Waals surface area (Å²) in [5, 5.41) is 2.79. The number of likely N-dealkylation sites (N-methyl/N-ethyl adjacent to an activating group) is 2. The molecule has 1 aliphatic heterocycles. The Morgan fingerprint density at radius 2 is 2.44 bits per heavy atom. The van der Waals surface area contributed by atoms with E-state index in [9.17, 15) is 4.79 Å². The maximum absolute atomic E-state index is 11.2. The predicted molar refractivity (Wildman–Crippen MR) is 75.7 cm³/mol. The number of likely N-dealkylation sites (tertiary alicyclic amines) is 1. The standard InChI is InChI=1S/C13H21N3OS/c1-4-16-7-5-6-11(16)8-15(3)13-14-12(9-18-13)10(2)17/h9,11H,4-8H2,1-3H3. The van der Waals surface area contributed by atoms with E-state index in [4.69, 9.17) is 0 Å². The Morgan fingerprint density at radius 1 is 1.67 bits per heavy atom. The number of Topliss-reactive ketones (excluding diaryl/α,β-unsaturated/α-hetero) is 1. The summed E-state index contributed by atoms with van der Waals surface area (Å²) in [6, 6.07) is 0.629. The molecule has 0 spiro atoms. The Hall–Kier alpha value is -0.940. The molecule has 0 saturated carbocycles. The summed E-state index contributed by atoms with van der Waals surface area (Å²) in [7, 11) is 2.06. The lowest BCUT2D eigenvalue weighted by Gasteiger charge is -2.27. The highest BCUT2D eigenvalue weighted by Gasteiger charge is 2.24. The van der Waals surface area contributed by atoms with E-state index in [2.05, 4.69) is 28.8 Å². The number of hydrogen-bond donors (Lipinski definition) is 0. The average Bonchev–Trinajstić information content (AvgIpc) is 2.96. The third-order valence-electron chi connectivity index (χ3n) is 3.57. The molecule has 2 heterocycles. The zero-order valence-corrected chi connectivity index (χ0v) is 12.2. The lowest BCUT2D eigenvalue weighted by atomic mass is 10.2. The maximum atomic E-state index is 11.2. The molecule has 1 aromatic heterocycles. The van der Waals surface area contributed by atoms with Crippen LogP contribution in [0.15, 0.2) is 5.38 Å². The van der Waals surface area contributed by atoms with Crippen LogP contribution in [-0.2, 0) is 0 Å². The van der Waals surface area contributed by atoms with Gasteiger partial charge >= 0.3 is 0 Å². The molecule has 0 N–H and O–H groups in total. The van der Waals surface area contributed by atoms with Gasteiger partial charge in [-0.15, -0.1) is 11.3 Å². The maximum Gasteiger partial charge on any atom is 0.185 e. The highest BCUT2D eigenvalue weighted by Crippen LogP contribution is 2.23. The van der Waals surface area contributed by atoms with Crippen LogP contribution < -0.4 is 4.90 Å². The summed E-state index contributed by atoms with van der Waals surface area (Å²) < 4.78 is 0. The SMILES string of the molecule is CCN1CCCC1CN(C)c1nc(C(C)=O)cs1. The van der Waals surface area contributed by atoms with Crippen LogP contribution in [-0.4, -0.2) is 48.4 Å². The Morgan fingerprint density at radius 3 is 3.06 bits per heavy atom. The van der Waals surface area contributed by atoms with Crippen molar-refractivity contribution in [3.8, 4) is 0 Å². The van der Waals surface area contributed by atoms with Crippen molar-refractivity contribution in [2.45, 2.75) is 32.7 Å². The van der Waals surface area contributed by atoms with Crippen LogP contribution in [0.1, 0.15) is 37.2 Å². The number of hydrogen-bond acceptors (Lipinski definition) is 5. The molecule has 2 rings (SSSR count). The normalized spacial score (nSPS) is 20.3. The number of anilines is 1. The van der Waals surface area contributed by atoms with Crippen LogP contribution in [0.4, 0.5) is 5.13 Å². The number of carbonyl (C=O) groups is 1. The summed E-state index contributed by atoms with van der Waals surface area (Å²) in [6.45, 7) is 7.11. The van der Waals surface area contributed by atoms with Crippen molar-refractivity contribution < 1.29 is 4.79 Å². The molecule has 1 unspecified atom stereocenters. The smallest absolute Gasteiger partial charge is 0.185 e. The van der Waals surface area contributed by atoms with Gasteiger partial charge in [-0.3, -0.25) is 9.69 Å². The summed E-state index contributed by atoms with van der Waals surface area (Å²) >= 11 is 1.55. The van der Waals surface area contributed by atoms with Gasteiger partial charge in [0.2, 0.25) is 0 Å². The van der Waals surface area contributed by atoms with Crippen molar-refractivity contribution in [1.29, 1.82) is 0 Å². The van der Waals surface area contributed by atoms with Crippen LogP contribution in [0, 0.1) is 0 Å². The number of ketones is 1. The largest absolute Gasteiger partial charge is 0.350 e. The molecular formula is C13H21N3OS. The van der Waals surface area contributed by atoms with Crippen LogP contribution in [0.2, 0.25) is 0 Å². The van der Waals surface area contributed by atoms with E-state index < -0.39 is 0 Å². The molecule has 1 aromatic rings. The van der Waals surface area contributed by atoms with E-state index >= 15 is 0 Å². The third-order valence-corrected chi connectivity index (χ3v) is 4.52. The van der Waals surface area contributed by atoms with Crippen molar-refractivity contribution in [1.82, 2.24) is 9.88 Å². The van der Waals surface area contributed by atoms with E-state index in [1.165, 1.54) is 19.4 Å². The number of nitrogens with zero attached hydrogens (tertiary/aromatic N) is 3. The lowest BCUT2D eigenvalue weighted by Crippen LogP contribution is -2.38. The molecular weight excluding hydrogens is 246 g/mol. The molecule has 5 heteroatoms. The van der Waals surface area contributed by atoms with Gasteiger partial charge in [-0.1, -0.05) is 6.92 Å². The van der Waals surface area contributed by atoms with Gasteiger partial charge in [-0.25, -0.2) is 4.98 Å². The molecule has 0 aromatic carbocycles. The van der Waals surface area contributed by atoms with Crippen LogP contribution in [0.5, 0.6) is 0 Å². The zero-order valence-electron chi connectivity index (χ0n) is 11.3. The molecule has 0 amide bonds. The minimum absolute atomic E-state index is 0.0435. The minimum atomic E-state index is 0.0435. The van der Waals surface area contributed by atoms with E-state index in [1.807, 2.05) is 5.38 Å². The van der Waals surface area contributed by atoms with E-state index in [1.54, 1.807) is 18.3 Å². The molecule has 0 radical (unpaired) electrons. The van der Waals surface area contributed by atoms with Gasteiger partial charge < -0.3 is 4.90 Å². The van der Waals surface area contributed by atoms with E-state index in [0.29, 0.717) is 11.7 Å². The van der Waals surface area contributed by atoms with Crippen molar-refractivity contribution in [2.24, 2.45) is 0 Å². The Bertz CT molecular complexity index is 418. The summed E-state index contributed by atoms with van der Waals surface area (Å²) in [6.07, 6.45) is 2.56. The molecule has 0 aliphatic carbocycles. The molecule has 1 aliphatic rings. The Kier molecular flexibility index (Phi) is 4.35. The minimum Gasteiger partial charge on any atom is -0.350 e. The molecule has 1 fully saturated rings. The number of thiazole rings is 1. The zero-order chi connectivity index (χ0) is 13.1. The molecule has 0 bridgehead atoms. The highest BCUT2D eigenvalue weighted by atomic mass is 32.1. The second-order valence-electron chi connectivity index (χ2n) is 4.88. The van der Waals surface area contributed by atoms with E-state index in [-0.39, 0.29) is 5.78 Å². The first kappa shape index (κ1) is 13.5. The number of aromatic nitrogens is 1. The van der Waals surface area contributed by atoms with Crippen molar-refractivity contribution in [3.63, 3.8) is 0 Å². The van der Waals surface area contributed by atoms with Crippen LogP contribution >= 0.6 is 11.3 Å². The van der Waals surface area contributed by atoms with E-state index in [0.717, 1.165) is 18.2 Å². The fourth-order valence-electron chi connectivity index (χ4n) is 2.51. The van der Waals surface area contributed by atoms with Crippen LogP contribution in [0.3, 0.4) is 0 Å². The fourth-order valence-corrected chi connectivity index (χ4v) is 3.35. The Labute approximate surface area is 113 Å². The van der Waals surface area contributed by atoms with Gasteiger partial charge in [0.15, 0.2) is 10.9 Å². The van der Waals surface area contributed by atoms with Gasteiger partial charge in [-0.05, 0) is 25.9 Å². The molecule has 100 valence electrons. The summed E-state index contributed by atoms with van der Waals surface area (Å²) in [4.78, 5) is 20.3. The number of carbonyl (C=O) groups excluding carboxylic acids is 1. The first-order chi connectivity index (χ1) is 8.61. The van der Waals surface area contributed by atoms with Gasteiger partial charge in [0.1, 0.15) is 5.69 Å². The number of rotatable bonds is 5. The molecule has 1 saturated heterocycles. The van der Waals surface area contributed by atoms with Crippen molar-refractivity contribution in [2.75, 3.05) is 31.6 Å². The monoisotopic (exact) mass is 267 g/mol. The first-order valence-corrected chi connectivity index (χ1v) is 7.41. The van der Waals surface area contributed by atoms with Gasteiger partial charge in [0.05, 0.1) is 0 Å². The average molecular weight is 267 g/mol. The topological polar surface area (TPSA) is 36.4 Å². The fraction of sp³-hybridized carbons (Fsp3) is 0.692. The third kappa shape index (κ3) is 2.90. The lowest BCUT2D eigenvalue weighted by molar-refractivity contribution is 0.101. The second-order valence-corrected chi connectivity index (χ2v) is 5.71. The van der Waals surface area contributed by atoms with Gasteiger partial charge in [0.25, 0.3) is 0 Å². The first-order valence-electron chi connectivity index (χ1n) is 6.53. The molecule has 4 nitrogen and oxygen atoms in total. The predicted octanol–water partition coefficient (Wildman–Crippen LogP) is 2.27. The van der Waals surface area contributed by atoms with Crippen molar-refractivity contribution >= 4 is 22.3 Å². The second kappa shape index (κ2) is 5.80. The quantitative estimate of drug-likeness (QED) is 0.767. The van der Waals surface area contributed by atoms with Gasteiger partial charge in [0, 0.05) is 31.9 Å². The Balaban J connectivity index is 1.98. The molecule has 1 atom stereocenters. The summed E-state index contributed by atoms with van der Waals surface area (Å²) in [5.74, 6) is 0.0435. The van der Waals surface area contributed by atoms with Crippen molar-refractivity contribution in [3.05, 3.63) is 11.1 Å². The molecule has 18 heavy (non-hydrogen) atoms. The van der Waals surface area contributed by atoms with Gasteiger partial charge in [-0.2, -0.15) is 0 Å².